The Morgan fingerprint density at radius 3 is 2.32 bits per heavy atom. The number of amides is 1. The highest BCUT2D eigenvalue weighted by molar-refractivity contribution is 7.71. The number of rotatable bonds is 4. The molecule has 0 bridgehead atoms. The molecule has 34 heavy (non-hydrogen) atoms. The topological polar surface area (TPSA) is 87.0 Å². The van der Waals surface area contributed by atoms with Gasteiger partial charge < -0.3 is 14.6 Å². The van der Waals surface area contributed by atoms with Crippen LogP contribution < -0.4 is 0 Å². The summed E-state index contributed by atoms with van der Waals surface area (Å²) in [6, 6.07) is 18.6. The van der Waals surface area contributed by atoms with Gasteiger partial charge in [0.2, 0.25) is 5.91 Å². The van der Waals surface area contributed by atoms with Crippen LogP contribution >= 0.6 is 12.2 Å². The van der Waals surface area contributed by atoms with Gasteiger partial charge in [0.15, 0.2) is 5.65 Å². The number of nitrogens with one attached hydrogen (secondary N) is 1. The van der Waals surface area contributed by atoms with Crippen LogP contribution in [-0.2, 0) is 10.4 Å². The molecular formula is C26H29N5O2S. The number of aromatic nitrogens is 4. The van der Waals surface area contributed by atoms with Crippen molar-refractivity contribution in [3.63, 3.8) is 0 Å². The molecule has 2 aromatic carbocycles. The van der Waals surface area contributed by atoms with Gasteiger partial charge in [-0.15, -0.1) is 0 Å². The number of hydrogen-bond donors (Lipinski definition) is 2. The molecule has 1 fully saturated rings. The minimum Gasteiger partial charge on any atom is -0.385 e. The van der Waals surface area contributed by atoms with E-state index < -0.39 is 11.6 Å². The molecule has 1 aliphatic heterocycles. The lowest BCUT2D eigenvalue weighted by molar-refractivity contribution is -0.138. The summed E-state index contributed by atoms with van der Waals surface area (Å²) in [5.41, 5.74) is 1.40. The summed E-state index contributed by atoms with van der Waals surface area (Å²) in [4.78, 5) is 20.0. The highest BCUT2D eigenvalue weighted by Gasteiger charge is 2.37. The monoisotopic (exact) mass is 475 g/mol. The summed E-state index contributed by atoms with van der Waals surface area (Å²) in [6.07, 6.45) is 4.20. The van der Waals surface area contributed by atoms with Crippen molar-refractivity contribution in [2.45, 2.75) is 38.3 Å². The van der Waals surface area contributed by atoms with Crippen LogP contribution in [0.4, 0.5) is 0 Å². The number of fused-ring (bicyclic) bond motifs is 1. The number of aromatic amines is 1. The second-order valence-electron chi connectivity index (χ2n) is 8.13. The number of H-pyrrole nitrogens is 1. The molecule has 1 atom stereocenters. The normalized spacial score (nSPS) is 15.9. The maximum Gasteiger partial charge on any atom is 0.250 e. The third-order valence-corrected chi connectivity index (χ3v) is 6.67. The SMILES string of the molecule is CC.O=C(C(c1ccccc1)n1cnc2[nH]ncc2c1=S)N1CCC(O)(c2ccccc2)CC1. The van der Waals surface area contributed by atoms with Crippen LogP contribution in [0.1, 0.15) is 43.9 Å². The van der Waals surface area contributed by atoms with Gasteiger partial charge in [-0.25, -0.2) is 4.98 Å². The number of likely N-dealkylation sites (tertiary alicyclic amines) is 1. The van der Waals surface area contributed by atoms with Gasteiger partial charge in [0.25, 0.3) is 0 Å². The summed E-state index contributed by atoms with van der Waals surface area (Å²) >= 11 is 5.70. The van der Waals surface area contributed by atoms with E-state index in [2.05, 4.69) is 15.2 Å². The van der Waals surface area contributed by atoms with Gasteiger partial charge in [-0.05, 0) is 24.0 Å². The molecule has 2 aromatic heterocycles. The Hall–Kier alpha value is -3.36. The minimum atomic E-state index is -0.923. The molecule has 0 aliphatic carbocycles. The third kappa shape index (κ3) is 4.51. The smallest absolute Gasteiger partial charge is 0.250 e. The maximum absolute atomic E-state index is 13.8. The van der Waals surface area contributed by atoms with E-state index in [4.69, 9.17) is 12.2 Å². The lowest BCUT2D eigenvalue weighted by Gasteiger charge is -2.40. The van der Waals surface area contributed by atoms with Gasteiger partial charge in [-0.2, -0.15) is 5.10 Å². The largest absolute Gasteiger partial charge is 0.385 e. The van der Waals surface area contributed by atoms with E-state index in [1.165, 1.54) is 0 Å². The van der Waals surface area contributed by atoms with Crippen LogP contribution in [0, 0.1) is 4.64 Å². The lowest BCUT2D eigenvalue weighted by Crippen LogP contribution is -2.47. The van der Waals surface area contributed by atoms with Crippen molar-refractivity contribution in [1.29, 1.82) is 0 Å². The zero-order valence-electron chi connectivity index (χ0n) is 19.4. The predicted octanol–water partition coefficient (Wildman–Crippen LogP) is 4.61. The van der Waals surface area contributed by atoms with E-state index in [0.29, 0.717) is 41.6 Å². The van der Waals surface area contributed by atoms with Crippen LogP contribution in [0.25, 0.3) is 11.0 Å². The van der Waals surface area contributed by atoms with Crippen molar-refractivity contribution >= 4 is 29.2 Å². The molecule has 0 saturated carbocycles. The molecule has 2 N–H and O–H groups in total. The fourth-order valence-corrected chi connectivity index (χ4v) is 4.70. The second kappa shape index (κ2) is 10.3. The average Bonchev–Trinajstić information content (AvgIpc) is 3.38. The number of nitrogens with zero attached hydrogens (tertiary/aromatic N) is 4. The van der Waals surface area contributed by atoms with Gasteiger partial charge >= 0.3 is 0 Å². The number of benzene rings is 2. The molecule has 3 heterocycles. The van der Waals surface area contributed by atoms with E-state index in [0.717, 1.165) is 11.1 Å². The molecule has 0 radical (unpaired) electrons. The van der Waals surface area contributed by atoms with Gasteiger partial charge in [-0.1, -0.05) is 86.7 Å². The summed E-state index contributed by atoms with van der Waals surface area (Å²) in [6.45, 7) is 4.92. The van der Waals surface area contributed by atoms with Crippen LogP contribution in [0.15, 0.2) is 73.2 Å². The molecule has 1 saturated heterocycles. The Morgan fingerprint density at radius 2 is 1.68 bits per heavy atom. The number of carbonyl (C=O) groups is 1. The molecule has 1 aliphatic rings. The van der Waals surface area contributed by atoms with Crippen molar-refractivity contribution in [2.24, 2.45) is 0 Å². The first-order chi connectivity index (χ1) is 16.6. The quantitative estimate of drug-likeness (QED) is 0.421. The van der Waals surface area contributed by atoms with Gasteiger partial charge in [0, 0.05) is 13.1 Å². The Balaban J connectivity index is 0.00000133. The highest BCUT2D eigenvalue weighted by atomic mass is 32.1. The van der Waals surface area contributed by atoms with Gasteiger partial charge in [0.05, 0.1) is 23.5 Å². The van der Waals surface area contributed by atoms with Gasteiger partial charge in [-0.3, -0.25) is 9.89 Å². The number of piperidine rings is 1. The van der Waals surface area contributed by atoms with E-state index in [1.807, 2.05) is 79.4 Å². The van der Waals surface area contributed by atoms with Crippen LogP contribution in [0.2, 0.25) is 0 Å². The van der Waals surface area contributed by atoms with E-state index in [9.17, 15) is 9.90 Å². The third-order valence-electron chi connectivity index (χ3n) is 6.24. The summed E-state index contributed by atoms with van der Waals surface area (Å²) in [7, 11) is 0. The minimum absolute atomic E-state index is 0.0629. The number of aliphatic hydroxyl groups is 1. The Kier molecular flexibility index (Phi) is 7.19. The molecular weight excluding hydrogens is 446 g/mol. The van der Waals surface area contributed by atoms with Gasteiger partial charge in [0.1, 0.15) is 10.7 Å². The molecule has 0 spiro atoms. The standard InChI is InChI=1S/C24H23N5O2S.C2H6/c30-22(28-13-11-24(31,12-14-28)18-9-5-2-6-10-18)20(17-7-3-1-4-8-17)29-16-25-21-19(23(29)32)15-26-27-21;1-2/h1-10,15-16,20,31H,11-14H2,(H,26,27);1-2H3. The highest BCUT2D eigenvalue weighted by Crippen LogP contribution is 2.34. The average molecular weight is 476 g/mol. The number of carbonyl (C=O) groups excluding carboxylic acids is 1. The van der Waals surface area contributed by atoms with E-state index in [-0.39, 0.29) is 5.91 Å². The molecule has 8 heteroatoms. The van der Waals surface area contributed by atoms with Crippen molar-refractivity contribution in [1.82, 2.24) is 24.6 Å². The summed E-state index contributed by atoms with van der Waals surface area (Å²) < 4.78 is 2.24. The van der Waals surface area contributed by atoms with Crippen molar-refractivity contribution in [3.05, 3.63) is 89.0 Å². The zero-order valence-corrected chi connectivity index (χ0v) is 20.2. The molecule has 176 valence electrons. The van der Waals surface area contributed by atoms with Crippen molar-refractivity contribution < 1.29 is 9.90 Å². The van der Waals surface area contributed by atoms with E-state index in [1.54, 1.807) is 17.1 Å². The van der Waals surface area contributed by atoms with Crippen molar-refractivity contribution in [2.75, 3.05) is 13.1 Å². The number of hydrogen-bond acceptors (Lipinski definition) is 5. The van der Waals surface area contributed by atoms with Crippen LogP contribution in [0.5, 0.6) is 0 Å². The first kappa shape index (κ1) is 23.8. The maximum atomic E-state index is 13.8. The Labute approximate surface area is 204 Å². The predicted molar refractivity (Wildman–Crippen MR) is 135 cm³/mol. The molecule has 5 rings (SSSR count). The summed E-state index contributed by atoms with van der Waals surface area (Å²) in [5, 5.41) is 18.7. The fraction of sp³-hybridized carbons (Fsp3) is 0.308. The second-order valence-corrected chi connectivity index (χ2v) is 8.51. The first-order valence-corrected chi connectivity index (χ1v) is 12.0. The molecule has 4 aromatic rings. The van der Waals surface area contributed by atoms with Crippen molar-refractivity contribution in [3.8, 4) is 0 Å². The summed E-state index contributed by atoms with van der Waals surface area (Å²) in [5.74, 6) is -0.0629. The molecule has 1 amide bonds. The van der Waals surface area contributed by atoms with Crippen LogP contribution in [0.3, 0.4) is 0 Å². The lowest BCUT2D eigenvalue weighted by atomic mass is 9.84. The fourth-order valence-electron chi connectivity index (χ4n) is 4.39. The van der Waals surface area contributed by atoms with Crippen LogP contribution in [-0.4, -0.2) is 48.8 Å². The molecule has 7 nitrogen and oxygen atoms in total. The zero-order chi connectivity index (χ0) is 24.1. The molecule has 1 unspecified atom stereocenters. The first-order valence-electron chi connectivity index (χ1n) is 11.6. The van der Waals surface area contributed by atoms with E-state index >= 15 is 0 Å². The Bertz CT molecular complexity index is 1300. The Morgan fingerprint density at radius 1 is 1.06 bits per heavy atom.